The lowest BCUT2D eigenvalue weighted by Crippen LogP contribution is -2.31. The number of hydrogen-bond donors (Lipinski definition) is 1. The quantitative estimate of drug-likeness (QED) is 0.671. The Kier molecular flexibility index (Phi) is 5.13. The van der Waals surface area contributed by atoms with E-state index in [9.17, 15) is 14.9 Å². The summed E-state index contributed by atoms with van der Waals surface area (Å²) in [5.41, 5.74) is 3.72. The molecule has 2 aromatic rings. The number of rotatable bonds is 5. The van der Waals surface area contributed by atoms with Crippen LogP contribution in [0.4, 0.5) is 11.5 Å². The Bertz CT molecular complexity index is 766. The van der Waals surface area contributed by atoms with Gasteiger partial charge in [0.05, 0.1) is 0 Å². The third-order valence-corrected chi connectivity index (χ3v) is 3.52. The Morgan fingerprint density at radius 3 is 2.50 bits per heavy atom. The monoisotopic (exact) mass is 329 g/mol. The summed E-state index contributed by atoms with van der Waals surface area (Å²) < 4.78 is 5.43. The summed E-state index contributed by atoms with van der Waals surface area (Å²) >= 11 is 0. The van der Waals surface area contributed by atoms with Crippen LogP contribution in [-0.2, 0) is 4.79 Å². The summed E-state index contributed by atoms with van der Waals surface area (Å²) in [7, 11) is 0. The second-order valence-corrected chi connectivity index (χ2v) is 5.61. The molecular formula is C17H19N3O4. The molecular weight excluding hydrogens is 310 g/mol. The van der Waals surface area contributed by atoms with E-state index < -0.39 is 16.8 Å². The molecule has 1 N–H and O–H groups in total. The highest BCUT2D eigenvalue weighted by Gasteiger charge is 2.22. The van der Waals surface area contributed by atoms with E-state index in [2.05, 4.69) is 10.3 Å². The minimum atomic E-state index is -0.909. The summed E-state index contributed by atoms with van der Waals surface area (Å²) in [6.45, 7) is 7.34. The van der Waals surface area contributed by atoms with Crippen LogP contribution in [0.25, 0.3) is 0 Å². The molecule has 0 radical (unpaired) electrons. The summed E-state index contributed by atoms with van der Waals surface area (Å²) in [5, 5.41) is 13.8. The number of aromatic nitrogens is 1. The average molecular weight is 329 g/mol. The summed E-state index contributed by atoms with van der Waals surface area (Å²) in [6.07, 6.45) is 0.391. The maximum absolute atomic E-state index is 12.4. The van der Waals surface area contributed by atoms with Crippen molar-refractivity contribution in [1.29, 1.82) is 0 Å². The van der Waals surface area contributed by atoms with Crippen molar-refractivity contribution in [3.05, 3.63) is 57.3 Å². The van der Waals surface area contributed by atoms with Gasteiger partial charge in [-0.1, -0.05) is 17.7 Å². The molecule has 1 aromatic carbocycles. The highest BCUT2D eigenvalue weighted by atomic mass is 16.6. The predicted octanol–water partition coefficient (Wildman–Crippen LogP) is 3.32. The van der Waals surface area contributed by atoms with E-state index in [1.54, 1.807) is 0 Å². The number of anilines is 1. The van der Waals surface area contributed by atoms with Crippen LogP contribution in [0.5, 0.6) is 5.75 Å². The molecule has 0 bridgehead atoms. The highest BCUT2D eigenvalue weighted by molar-refractivity contribution is 5.95. The molecule has 0 aliphatic carbocycles. The van der Waals surface area contributed by atoms with Gasteiger partial charge in [0.2, 0.25) is 5.75 Å². The van der Waals surface area contributed by atoms with Crippen molar-refractivity contribution in [3.63, 3.8) is 0 Å². The van der Waals surface area contributed by atoms with Gasteiger partial charge in [-0.3, -0.25) is 4.79 Å². The van der Waals surface area contributed by atoms with Crippen LogP contribution in [0.3, 0.4) is 0 Å². The van der Waals surface area contributed by atoms with E-state index >= 15 is 0 Å². The number of nitrogens with one attached hydrogen (secondary N) is 1. The number of amides is 1. The van der Waals surface area contributed by atoms with Crippen LogP contribution in [0.1, 0.15) is 23.6 Å². The molecule has 0 fully saturated rings. The van der Waals surface area contributed by atoms with Crippen molar-refractivity contribution in [2.75, 3.05) is 5.32 Å². The first kappa shape index (κ1) is 17.4. The smallest absolute Gasteiger partial charge is 0.406 e. The van der Waals surface area contributed by atoms with E-state index in [1.807, 2.05) is 32.9 Å². The van der Waals surface area contributed by atoms with Gasteiger partial charge in [0.15, 0.2) is 6.10 Å². The molecule has 1 heterocycles. The molecule has 0 spiro atoms. The minimum absolute atomic E-state index is 0.0394. The van der Waals surface area contributed by atoms with Crippen LogP contribution in [-0.4, -0.2) is 21.9 Å². The summed E-state index contributed by atoms with van der Waals surface area (Å²) in [5.74, 6) is -0.842. The SMILES string of the molecule is Cc1cc(C)c(NC(=O)C(C)Oc2cccnc2[N+](=O)[O-])c(C)c1. The Morgan fingerprint density at radius 2 is 1.92 bits per heavy atom. The number of aryl methyl sites for hydroxylation is 3. The van der Waals surface area contributed by atoms with E-state index in [-0.39, 0.29) is 11.7 Å². The summed E-state index contributed by atoms with van der Waals surface area (Å²) in [4.78, 5) is 26.3. The molecule has 126 valence electrons. The van der Waals surface area contributed by atoms with Crippen LogP contribution in [0.2, 0.25) is 0 Å². The van der Waals surface area contributed by atoms with Gasteiger partial charge in [0.25, 0.3) is 5.91 Å². The molecule has 0 saturated heterocycles. The maximum Gasteiger partial charge on any atom is 0.406 e. The zero-order valence-corrected chi connectivity index (χ0v) is 14.0. The first-order chi connectivity index (χ1) is 11.3. The van der Waals surface area contributed by atoms with Gasteiger partial charge in [-0.2, -0.15) is 0 Å². The van der Waals surface area contributed by atoms with E-state index in [1.165, 1.54) is 25.3 Å². The van der Waals surface area contributed by atoms with Crippen LogP contribution in [0, 0.1) is 30.9 Å². The minimum Gasteiger partial charge on any atom is -0.473 e. The molecule has 0 aliphatic heterocycles. The fourth-order valence-corrected chi connectivity index (χ4v) is 2.46. The van der Waals surface area contributed by atoms with Gasteiger partial charge >= 0.3 is 5.82 Å². The number of carbonyl (C=O) groups is 1. The Labute approximate surface area is 139 Å². The number of hydrogen-bond acceptors (Lipinski definition) is 5. The van der Waals surface area contributed by atoms with E-state index in [0.29, 0.717) is 0 Å². The molecule has 7 heteroatoms. The Balaban J connectivity index is 2.16. The number of pyridine rings is 1. The van der Waals surface area contributed by atoms with Gasteiger partial charge in [-0.25, -0.2) is 0 Å². The Hall–Kier alpha value is -2.96. The third-order valence-electron chi connectivity index (χ3n) is 3.52. The molecule has 1 atom stereocenters. The summed E-state index contributed by atoms with van der Waals surface area (Å²) in [6, 6.07) is 6.87. The first-order valence-electron chi connectivity index (χ1n) is 7.44. The van der Waals surface area contributed by atoms with E-state index in [0.717, 1.165) is 22.4 Å². The van der Waals surface area contributed by atoms with Gasteiger partial charge in [-0.15, -0.1) is 0 Å². The molecule has 24 heavy (non-hydrogen) atoms. The lowest BCUT2D eigenvalue weighted by atomic mass is 10.0. The number of carbonyl (C=O) groups excluding carboxylic acids is 1. The van der Waals surface area contributed by atoms with Crippen LogP contribution < -0.4 is 10.1 Å². The second-order valence-electron chi connectivity index (χ2n) is 5.61. The zero-order valence-electron chi connectivity index (χ0n) is 14.0. The zero-order chi connectivity index (χ0) is 17.9. The Morgan fingerprint density at radius 1 is 1.29 bits per heavy atom. The van der Waals surface area contributed by atoms with Crippen molar-refractivity contribution in [3.8, 4) is 5.75 Å². The van der Waals surface area contributed by atoms with Crippen LogP contribution >= 0.6 is 0 Å². The van der Waals surface area contributed by atoms with E-state index in [4.69, 9.17) is 4.74 Å². The van der Waals surface area contributed by atoms with Crippen molar-refractivity contribution in [2.24, 2.45) is 0 Å². The number of nitrogens with zero attached hydrogens (tertiary/aromatic N) is 2. The average Bonchev–Trinajstić information content (AvgIpc) is 2.50. The molecule has 1 aromatic heterocycles. The normalized spacial score (nSPS) is 11.7. The standard InChI is InChI=1S/C17H19N3O4/c1-10-8-11(2)15(12(3)9-10)19-17(21)13(4)24-14-6-5-7-18-16(14)20(22)23/h5-9,13H,1-4H3,(H,19,21). The fraction of sp³-hybridized carbons (Fsp3) is 0.294. The number of benzene rings is 1. The van der Waals surface area contributed by atoms with Crippen LogP contribution in [0.15, 0.2) is 30.5 Å². The lowest BCUT2D eigenvalue weighted by molar-refractivity contribution is -0.390. The van der Waals surface area contributed by atoms with Gasteiger partial charge < -0.3 is 20.2 Å². The predicted molar refractivity (Wildman–Crippen MR) is 90.3 cm³/mol. The molecule has 7 nitrogen and oxygen atoms in total. The third kappa shape index (κ3) is 3.87. The molecule has 0 saturated carbocycles. The molecule has 0 aliphatic rings. The van der Waals surface area contributed by atoms with Crippen molar-refractivity contribution >= 4 is 17.4 Å². The largest absolute Gasteiger partial charge is 0.473 e. The molecule has 2 rings (SSSR count). The van der Waals surface area contributed by atoms with Crippen molar-refractivity contribution < 1.29 is 14.5 Å². The van der Waals surface area contributed by atoms with Gasteiger partial charge in [-0.05, 0) is 60.9 Å². The maximum atomic E-state index is 12.4. The van der Waals surface area contributed by atoms with Gasteiger partial charge in [0.1, 0.15) is 6.20 Å². The molecule has 1 unspecified atom stereocenters. The second kappa shape index (κ2) is 7.08. The highest BCUT2D eigenvalue weighted by Crippen LogP contribution is 2.25. The van der Waals surface area contributed by atoms with Crippen molar-refractivity contribution in [1.82, 2.24) is 4.98 Å². The van der Waals surface area contributed by atoms with Crippen molar-refractivity contribution in [2.45, 2.75) is 33.8 Å². The number of nitro groups is 1. The topological polar surface area (TPSA) is 94.4 Å². The molecule has 1 amide bonds. The first-order valence-corrected chi connectivity index (χ1v) is 7.44. The van der Waals surface area contributed by atoms with Gasteiger partial charge in [0, 0.05) is 5.69 Å². The fourth-order valence-electron chi connectivity index (χ4n) is 2.46. The lowest BCUT2D eigenvalue weighted by Gasteiger charge is -2.17. The number of ether oxygens (including phenoxy) is 1.